The number of aliphatic hydroxyl groups excluding tert-OH is 1. The fraction of sp³-hybridized carbons (Fsp3) is 0.182. The number of thiazole rings is 1. The van der Waals surface area contributed by atoms with Gasteiger partial charge in [0, 0.05) is 17.0 Å². The molecule has 1 unspecified atom stereocenters. The number of halogens is 1. The zero-order valence-electron chi connectivity index (χ0n) is 18.0. The fourth-order valence-electron chi connectivity index (χ4n) is 3.23. The van der Waals surface area contributed by atoms with Crippen molar-refractivity contribution >= 4 is 35.8 Å². The van der Waals surface area contributed by atoms with Gasteiger partial charge in [-0.15, -0.1) is 11.3 Å². The van der Waals surface area contributed by atoms with Crippen LogP contribution in [0.2, 0.25) is 0 Å². The van der Waals surface area contributed by atoms with E-state index in [1.807, 2.05) is 0 Å². The van der Waals surface area contributed by atoms with E-state index in [-0.39, 0.29) is 57.6 Å². The second kappa shape index (κ2) is 10.7. The predicted molar refractivity (Wildman–Crippen MR) is 117 cm³/mol. The van der Waals surface area contributed by atoms with Crippen LogP contribution in [-0.2, 0) is 15.7 Å². The van der Waals surface area contributed by atoms with Crippen LogP contribution in [0.4, 0.5) is 4.39 Å². The molecule has 0 aliphatic heterocycles. The minimum absolute atomic E-state index is 0. The van der Waals surface area contributed by atoms with E-state index < -0.39 is 25.5 Å². The second-order valence-electron chi connectivity index (χ2n) is 7.11. The van der Waals surface area contributed by atoms with Crippen molar-refractivity contribution in [1.29, 1.82) is 0 Å². The first kappa shape index (κ1) is 25.9. The van der Waals surface area contributed by atoms with Gasteiger partial charge in [-0.05, 0) is 30.2 Å². The molecule has 0 bridgehead atoms. The Labute approximate surface area is 215 Å². The quantitative estimate of drug-likeness (QED) is 0.225. The SMILES string of the molecule is CC[C@H](O)c1csc(C(=O)c2cn(P(=O)([O-])OCc3ccccc3)c3ccc(F)cc23)n1.[Na+]. The van der Waals surface area contributed by atoms with Crippen molar-refractivity contribution in [3.63, 3.8) is 0 Å². The molecule has 1 N–H and O–H groups in total. The van der Waals surface area contributed by atoms with E-state index in [4.69, 9.17) is 4.52 Å². The summed E-state index contributed by atoms with van der Waals surface area (Å²) in [6.07, 6.45) is 0.752. The molecule has 0 aliphatic carbocycles. The van der Waals surface area contributed by atoms with Crippen molar-refractivity contribution in [3.8, 4) is 0 Å². The number of nitrogens with zero attached hydrogens (tertiary/aromatic N) is 2. The largest absolute Gasteiger partial charge is 1.00 e. The number of aromatic nitrogens is 2. The van der Waals surface area contributed by atoms with Crippen LogP contribution < -0.4 is 34.5 Å². The van der Waals surface area contributed by atoms with Crippen molar-refractivity contribution in [2.45, 2.75) is 26.1 Å². The minimum atomic E-state index is -4.66. The Balaban J connectivity index is 0.00000306. The Bertz CT molecular complexity index is 1330. The second-order valence-corrected chi connectivity index (χ2v) is 9.59. The number of aliphatic hydroxyl groups is 1. The summed E-state index contributed by atoms with van der Waals surface area (Å²) >= 11 is 1.03. The molecule has 0 fully saturated rings. The van der Waals surface area contributed by atoms with E-state index in [2.05, 4.69) is 4.98 Å². The smallest absolute Gasteiger partial charge is 0.761 e. The van der Waals surface area contributed by atoms with Gasteiger partial charge < -0.3 is 14.5 Å². The molecule has 0 saturated carbocycles. The van der Waals surface area contributed by atoms with Crippen LogP contribution in [0.3, 0.4) is 0 Å². The normalized spacial score (nSPS) is 13.9. The Kier molecular flexibility index (Phi) is 8.42. The van der Waals surface area contributed by atoms with E-state index in [0.29, 0.717) is 17.7 Å². The molecule has 0 amide bonds. The number of hydrogen-bond donors (Lipinski definition) is 1. The Morgan fingerprint density at radius 1 is 1.30 bits per heavy atom. The monoisotopic (exact) mass is 496 g/mol. The van der Waals surface area contributed by atoms with Crippen LogP contribution in [0.25, 0.3) is 10.9 Å². The van der Waals surface area contributed by atoms with Gasteiger partial charge in [0.25, 0.3) is 0 Å². The number of ketones is 1. The van der Waals surface area contributed by atoms with Crippen molar-refractivity contribution in [2.24, 2.45) is 0 Å². The summed E-state index contributed by atoms with van der Waals surface area (Å²) in [6.45, 7) is 1.60. The van der Waals surface area contributed by atoms with Crippen LogP contribution in [0.1, 0.15) is 46.1 Å². The molecule has 2 atom stereocenters. The zero-order valence-corrected chi connectivity index (χ0v) is 21.7. The first-order chi connectivity index (χ1) is 15.3. The van der Waals surface area contributed by atoms with E-state index in [1.54, 1.807) is 42.6 Å². The molecule has 2 heterocycles. The Morgan fingerprint density at radius 2 is 2.03 bits per heavy atom. The number of benzene rings is 2. The van der Waals surface area contributed by atoms with E-state index in [1.165, 1.54) is 6.07 Å². The number of fused-ring (bicyclic) bond motifs is 1. The third-order valence-corrected chi connectivity index (χ3v) is 7.11. The fourth-order valence-corrected chi connectivity index (χ4v) is 5.18. The molecule has 4 rings (SSSR count). The predicted octanol–water partition coefficient (Wildman–Crippen LogP) is 1.45. The Morgan fingerprint density at radius 3 is 2.73 bits per heavy atom. The number of hydrogen-bond acceptors (Lipinski definition) is 7. The first-order valence-corrected chi connectivity index (χ1v) is 12.2. The van der Waals surface area contributed by atoms with Crippen LogP contribution in [0.5, 0.6) is 0 Å². The molecule has 166 valence electrons. The zero-order chi connectivity index (χ0) is 22.9. The van der Waals surface area contributed by atoms with E-state index in [0.717, 1.165) is 34.0 Å². The van der Waals surface area contributed by atoms with Crippen LogP contribution in [0, 0.1) is 5.82 Å². The summed E-state index contributed by atoms with van der Waals surface area (Å²) in [4.78, 5) is 30.2. The number of carbonyl (C=O) groups is 1. The molecule has 2 aromatic heterocycles. The van der Waals surface area contributed by atoms with Gasteiger partial charge in [0.05, 0.1) is 29.5 Å². The summed E-state index contributed by atoms with van der Waals surface area (Å²) in [5.74, 6) is -1.18. The average Bonchev–Trinajstić information content (AvgIpc) is 3.43. The summed E-state index contributed by atoms with van der Waals surface area (Å²) < 4.78 is 33.0. The van der Waals surface area contributed by atoms with E-state index >= 15 is 0 Å². The Hall–Kier alpha value is -1.68. The van der Waals surface area contributed by atoms with Crippen molar-refractivity contribution in [1.82, 2.24) is 9.32 Å². The molecule has 11 heteroatoms. The average molecular weight is 496 g/mol. The first-order valence-electron chi connectivity index (χ1n) is 9.79. The van der Waals surface area contributed by atoms with Crippen LogP contribution >= 0.6 is 19.1 Å². The molecule has 7 nitrogen and oxygen atoms in total. The number of carbonyl (C=O) groups excluding carboxylic acids is 1. The third-order valence-electron chi connectivity index (χ3n) is 4.94. The molecule has 4 aromatic rings. The van der Waals surface area contributed by atoms with Crippen LogP contribution in [0.15, 0.2) is 60.1 Å². The van der Waals surface area contributed by atoms with Gasteiger partial charge >= 0.3 is 29.6 Å². The third kappa shape index (κ3) is 5.53. The van der Waals surface area contributed by atoms with Gasteiger partial charge in [0.1, 0.15) is 5.82 Å². The molecular weight excluding hydrogens is 477 g/mol. The molecule has 0 spiro atoms. The minimum Gasteiger partial charge on any atom is -0.761 e. The molecule has 0 radical (unpaired) electrons. The summed E-state index contributed by atoms with van der Waals surface area (Å²) in [7, 11) is -4.66. The van der Waals surface area contributed by atoms with Crippen molar-refractivity contribution < 1.29 is 57.8 Å². The maximum Gasteiger partial charge on any atom is 1.00 e. The number of rotatable bonds is 8. The topological polar surface area (TPSA) is 104 Å². The van der Waals surface area contributed by atoms with Gasteiger partial charge in [0.2, 0.25) is 13.5 Å². The molecule has 33 heavy (non-hydrogen) atoms. The van der Waals surface area contributed by atoms with Gasteiger partial charge in [-0.2, -0.15) is 0 Å². The van der Waals surface area contributed by atoms with Crippen molar-refractivity contribution in [3.05, 3.63) is 87.8 Å². The standard InChI is InChI=1S/C22H20FN2O5PS.Na/c1-2-20(26)18-13-32-22(24-18)21(27)17-11-25(19-9-8-15(23)10-16(17)19)31(28,29)30-12-14-6-4-3-5-7-14;/h3-11,13,20,26H,2,12H2,1H3,(H,28,29);/q;+1/p-1/t20-;/m0./s1. The summed E-state index contributed by atoms with van der Waals surface area (Å²) in [5.41, 5.74) is 1.11. The van der Waals surface area contributed by atoms with E-state index in [9.17, 15) is 23.7 Å². The summed E-state index contributed by atoms with van der Waals surface area (Å²) in [5, 5.41) is 11.7. The molecule has 0 saturated heterocycles. The van der Waals surface area contributed by atoms with Gasteiger partial charge in [-0.1, -0.05) is 37.3 Å². The van der Waals surface area contributed by atoms with Gasteiger partial charge in [0.15, 0.2) is 5.01 Å². The van der Waals surface area contributed by atoms with Crippen LogP contribution in [-0.4, -0.2) is 20.2 Å². The molecular formula is C22H19FN2NaO5PS. The van der Waals surface area contributed by atoms with Crippen molar-refractivity contribution in [2.75, 3.05) is 0 Å². The summed E-state index contributed by atoms with van der Waals surface area (Å²) in [6, 6.07) is 12.3. The maximum atomic E-state index is 14.0. The van der Waals surface area contributed by atoms with Gasteiger partial charge in [-0.25, -0.2) is 9.37 Å². The molecule has 0 aliphatic rings. The van der Waals surface area contributed by atoms with Gasteiger partial charge in [-0.3, -0.25) is 13.7 Å². The molecule has 2 aromatic carbocycles. The maximum absolute atomic E-state index is 14.0.